The first kappa shape index (κ1) is 15.3. The van der Waals surface area contributed by atoms with Gasteiger partial charge < -0.3 is 4.57 Å². The van der Waals surface area contributed by atoms with Crippen LogP contribution in [0.4, 0.5) is 0 Å². The summed E-state index contributed by atoms with van der Waals surface area (Å²) in [6, 6.07) is 14.1. The van der Waals surface area contributed by atoms with Crippen LogP contribution in [0.2, 0.25) is 0 Å². The second-order valence-corrected chi connectivity index (χ2v) is 6.18. The second-order valence-electron chi connectivity index (χ2n) is 5.17. The van der Waals surface area contributed by atoms with E-state index in [1.807, 2.05) is 61.9 Å². The molecule has 0 fully saturated rings. The summed E-state index contributed by atoms with van der Waals surface area (Å²) in [6.45, 7) is 3.77. The molecule has 0 unspecified atom stereocenters. The predicted molar refractivity (Wildman–Crippen MR) is 89.0 cm³/mol. The molecule has 0 bridgehead atoms. The molecule has 114 valence electrons. The fourth-order valence-electron chi connectivity index (χ4n) is 2.35. The fourth-order valence-corrected chi connectivity index (χ4v) is 3.38. The summed E-state index contributed by atoms with van der Waals surface area (Å²) in [5.41, 5.74) is 3.22. The second kappa shape index (κ2) is 6.23. The van der Waals surface area contributed by atoms with Gasteiger partial charge in [0.2, 0.25) is 0 Å². The predicted octanol–water partition coefficient (Wildman–Crippen LogP) is 3.52. The van der Waals surface area contributed by atoms with Crippen LogP contribution in [0.5, 0.6) is 0 Å². The number of aryl methyl sites for hydroxylation is 2. The lowest BCUT2D eigenvalue weighted by Crippen LogP contribution is -1.97. The van der Waals surface area contributed by atoms with Gasteiger partial charge >= 0.3 is 0 Å². The number of hydrogen-bond donors (Lipinski definition) is 0. The number of nitrogens with zero attached hydrogens (tertiary/aromatic N) is 5. The Bertz CT molecular complexity index is 893. The molecule has 6 heteroatoms. The van der Waals surface area contributed by atoms with Gasteiger partial charge in [0.15, 0.2) is 11.0 Å². The molecule has 2 heterocycles. The lowest BCUT2D eigenvalue weighted by molar-refractivity contribution is 0.793. The Balaban J connectivity index is 2.00. The molecular formula is C17H15N5S. The summed E-state index contributed by atoms with van der Waals surface area (Å²) < 4.78 is 1.94. The zero-order valence-electron chi connectivity index (χ0n) is 13.1. The van der Waals surface area contributed by atoms with E-state index in [2.05, 4.69) is 21.3 Å². The van der Waals surface area contributed by atoms with Gasteiger partial charge in [-0.2, -0.15) is 5.26 Å². The number of benzene rings is 1. The Morgan fingerprint density at radius 2 is 1.87 bits per heavy atom. The summed E-state index contributed by atoms with van der Waals surface area (Å²) in [5.74, 6) is 0.800. The highest BCUT2D eigenvalue weighted by Gasteiger charge is 2.15. The smallest absolute Gasteiger partial charge is 0.196 e. The van der Waals surface area contributed by atoms with Crippen molar-refractivity contribution in [3.63, 3.8) is 0 Å². The Morgan fingerprint density at radius 3 is 2.57 bits per heavy atom. The summed E-state index contributed by atoms with van der Waals surface area (Å²) in [7, 11) is 1.93. The minimum Gasteiger partial charge on any atom is -0.305 e. The van der Waals surface area contributed by atoms with Crippen molar-refractivity contribution >= 4 is 11.8 Å². The van der Waals surface area contributed by atoms with Gasteiger partial charge in [0.1, 0.15) is 6.07 Å². The number of hydrogen-bond acceptors (Lipinski definition) is 5. The molecule has 0 atom stereocenters. The summed E-state index contributed by atoms with van der Waals surface area (Å²) in [4.78, 5) is 5.20. The number of nitriles is 1. The highest BCUT2D eigenvalue weighted by molar-refractivity contribution is 7.99. The van der Waals surface area contributed by atoms with Crippen LogP contribution >= 0.6 is 11.8 Å². The lowest BCUT2D eigenvalue weighted by Gasteiger charge is -2.07. The van der Waals surface area contributed by atoms with Gasteiger partial charge in [0, 0.05) is 23.2 Å². The number of aromatic nitrogens is 4. The van der Waals surface area contributed by atoms with Gasteiger partial charge in [-0.05, 0) is 31.7 Å². The molecule has 3 rings (SSSR count). The maximum Gasteiger partial charge on any atom is 0.196 e. The highest BCUT2D eigenvalue weighted by Crippen LogP contribution is 2.32. The van der Waals surface area contributed by atoms with E-state index >= 15 is 0 Å². The fraction of sp³-hybridized carbons (Fsp3) is 0.176. The van der Waals surface area contributed by atoms with Crippen molar-refractivity contribution in [2.45, 2.75) is 23.9 Å². The number of rotatable bonds is 3. The normalized spacial score (nSPS) is 10.5. The van der Waals surface area contributed by atoms with Gasteiger partial charge in [0.05, 0.1) is 11.3 Å². The van der Waals surface area contributed by atoms with E-state index in [1.165, 1.54) is 11.8 Å². The van der Waals surface area contributed by atoms with Crippen molar-refractivity contribution in [1.29, 1.82) is 5.26 Å². The number of pyridine rings is 1. The Hall–Kier alpha value is -2.65. The Morgan fingerprint density at radius 1 is 1.13 bits per heavy atom. The van der Waals surface area contributed by atoms with E-state index in [-0.39, 0.29) is 0 Å². The maximum absolute atomic E-state index is 9.37. The summed E-state index contributed by atoms with van der Waals surface area (Å²) >= 11 is 1.44. The van der Waals surface area contributed by atoms with Crippen LogP contribution in [-0.2, 0) is 7.05 Å². The summed E-state index contributed by atoms with van der Waals surface area (Å²) in [6.07, 6.45) is 0. The zero-order valence-corrected chi connectivity index (χ0v) is 13.9. The van der Waals surface area contributed by atoms with Crippen molar-refractivity contribution in [3.8, 4) is 17.5 Å². The van der Waals surface area contributed by atoms with Gasteiger partial charge in [0.25, 0.3) is 0 Å². The minimum absolute atomic E-state index is 0.588. The van der Waals surface area contributed by atoms with E-state index < -0.39 is 0 Å². The molecule has 0 radical (unpaired) electrons. The molecule has 3 aromatic rings. The van der Waals surface area contributed by atoms with E-state index in [0.717, 1.165) is 32.8 Å². The Kier molecular flexibility index (Phi) is 4.13. The van der Waals surface area contributed by atoms with Crippen LogP contribution in [0.3, 0.4) is 0 Å². The maximum atomic E-state index is 9.37. The lowest BCUT2D eigenvalue weighted by atomic mass is 10.2. The first-order valence-electron chi connectivity index (χ1n) is 7.11. The average Bonchev–Trinajstić information content (AvgIpc) is 2.89. The van der Waals surface area contributed by atoms with Gasteiger partial charge in [-0.3, -0.25) is 4.98 Å². The molecule has 0 saturated carbocycles. The SMILES string of the molecule is Cc1cc(Sc2nnc(-c3ccccc3)n2C)c(C#N)c(C)n1. The molecule has 1 aromatic carbocycles. The van der Waals surface area contributed by atoms with Crippen LogP contribution < -0.4 is 0 Å². The third-order valence-corrected chi connectivity index (χ3v) is 4.55. The standard InChI is InChI=1S/C17H15N5S/c1-11-9-15(14(10-18)12(2)19-11)23-17-21-20-16(22(17)3)13-7-5-4-6-8-13/h4-9H,1-3H3. The molecule has 0 saturated heterocycles. The van der Waals surface area contributed by atoms with Crippen molar-refractivity contribution in [3.05, 3.63) is 53.3 Å². The molecule has 0 aliphatic carbocycles. The van der Waals surface area contributed by atoms with Gasteiger partial charge in [-0.1, -0.05) is 30.3 Å². The van der Waals surface area contributed by atoms with E-state index in [9.17, 15) is 5.26 Å². The van der Waals surface area contributed by atoms with Crippen molar-refractivity contribution in [2.24, 2.45) is 7.05 Å². The third-order valence-electron chi connectivity index (χ3n) is 3.47. The molecule has 2 aromatic heterocycles. The molecule has 0 aliphatic heterocycles. The molecule has 0 spiro atoms. The van der Waals surface area contributed by atoms with Crippen molar-refractivity contribution in [2.75, 3.05) is 0 Å². The van der Waals surface area contributed by atoms with Crippen LogP contribution in [0.15, 0.2) is 46.5 Å². The zero-order chi connectivity index (χ0) is 16.4. The Labute approximate surface area is 139 Å². The van der Waals surface area contributed by atoms with E-state index in [0.29, 0.717) is 5.56 Å². The summed E-state index contributed by atoms with van der Waals surface area (Å²) in [5, 5.41) is 18.7. The average molecular weight is 321 g/mol. The third kappa shape index (κ3) is 2.96. The molecule has 0 aliphatic rings. The first-order valence-corrected chi connectivity index (χ1v) is 7.93. The van der Waals surface area contributed by atoms with Crippen molar-refractivity contribution < 1.29 is 0 Å². The largest absolute Gasteiger partial charge is 0.305 e. The highest BCUT2D eigenvalue weighted by atomic mass is 32.2. The van der Waals surface area contributed by atoms with Crippen LogP contribution in [-0.4, -0.2) is 19.7 Å². The quantitative estimate of drug-likeness (QED) is 0.738. The van der Waals surface area contributed by atoms with Crippen LogP contribution in [0, 0.1) is 25.2 Å². The molecule has 23 heavy (non-hydrogen) atoms. The van der Waals surface area contributed by atoms with E-state index in [4.69, 9.17) is 0 Å². The van der Waals surface area contributed by atoms with Crippen LogP contribution in [0.1, 0.15) is 17.0 Å². The van der Waals surface area contributed by atoms with Gasteiger partial charge in [-0.25, -0.2) is 0 Å². The van der Waals surface area contributed by atoms with Crippen molar-refractivity contribution in [1.82, 2.24) is 19.7 Å². The minimum atomic E-state index is 0.588. The molecule has 0 amide bonds. The topological polar surface area (TPSA) is 67.4 Å². The van der Waals surface area contributed by atoms with Gasteiger partial charge in [-0.15, -0.1) is 10.2 Å². The molecule has 0 N–H and O–H groups in total. The molecular weight excluding hydrogens is 306 g/mol. The van der Waals surface area contributed by atoms with E-state index in [1.54, 1.807) is 0 Å². The van der Waals surface area contributed by atoms with Crippen LogP contribution in [0.25, 0.3) is 11.4 Å². The first-order chi connectivity index (χ1) is 11.1. The monoisotopic (exact) mass is 321 g/mol. The molecule has 5 nitrogen and oxygen atoms in total.